The van der Waals surface area contributed by atoms with Crippen LogP contribution >= 0.6 is 0 Å². The molecule has 17 heavy (non-hydrogen) atoms. The molecule has 0 N–H and O–H groups in total. The highest BCUT2D eigenvalue weighted by Gasteiger charge is 2.38. The van der Waals surface area contributed by atoms with Crippen LogP contribution in [0.5, 0.6) is 0 Å². The Hall–Kier alpha value is -0.570. The fourth-order valence-corrected chi connectivity index (χ4v) is 2.92. The van der Waals surface area contributed by atoms with Gasteiger partial charge in [0.25, 0.3) is 0 Å². The summed E-state index contributed by atoms with van der Waals surface area (Å²) in [5.41, 5.74) is 0.308. The summed E-state index contributed by atoms with van der Waals surface area (Å²) in [6, 6.07) is 0. The molecule has 0 spiro atoms. The Bertz CT molecular complexity index is 291. The molecule has 98 valence electrons. The third-order valence-corrected chi connectivity index (χ3v) is 4.37. The Balaban J connectivity index is 2.00. The number of nitrogens with zero attached hydrogens (tertiary/aromatic N) is 2. The molecule has 2 heterocycles. The third-order valence-electron chi connectivity index (χ3n) is 4.37. The summed E-state index contributed by atoms with van der Waals surface area (Å²) in [6.07, 6.45) is 2.26. The molecule has 2 aliphatic heterocycles. The smallest absolute Gasteiger partial charge is 0.226 e. The van der Waals surface area contributed by atoms with Crippen LogP contribution in [0.1, 0.15) is 33.6 Å². The summed E-state index contributed by atoms with van der Waals surface area (Å²) in [5.74, 6) is 1.27. The number of likely N-dealkylation sites (tertiary alicyclic amines) is 2. The van der Waals surface area contributed by atoms with Crippen molar-refractivity contribution in [3.05, 3.63) is 0 Å². The van der Waals surface area contributed by atoms with Gasteiger partial charge in [0.05, 0.1) is 5.92 Å². The minimum absolute atomic E-state index is 0.235. The Kier molecular flexibility index (Phi) is 3.48. The first kappa shape index (κ1) is 12.9. The van der Waals surface area contributed by atoms with Gasteiger partial charge < -0.3 is 9.80 Å². The van der Waals surface area contributed by atoms with E-state index in [1.807, 2.05) is 4.90 Å². The van der Waals surface area contributed by atoms with Gasteiger partial charge in [-0.1, -0.05) is 20.8 Å². The minimum Gasteiger partial charge on any atom is -0.342 e. The van der Waals surface area contributed by atoms with Gasteiger partial charge in [-0.05, 0) is 31.2 Å². The molecule has 2 saturated heterocycles. The summed E-state index contributed by atoms with van der Waals surface area (Å²) in [4.78, 5) is 16.7. The van der Waals surface area contributed by atoms with Crippen LogP contribution in [0.3, 0.4) is 0 Å². The van der Waals surface area contributed by atoms with Crippen LogP contribution in [0.4, 0.5) is 0 Å². The van der Waals surface area contributed by atoms with Gasteiger partial charge in [-0.25, -0.2) is 0 Å². The quantitative estimate of drug-likeness (QED) is 0.696. The number of carbonyl (C=O) groups excluding carboxylic acids is 1. The molecule has 3 heteroatoms. The second kappa shape index (κ2) is 4.60. The van der Waals surface area contributed by atoms with Crippen LogP contribution in [0.15, 0.2) is 0 Å². The van der Waals surface area contributed by atoms with Crippen LogP contribution in [0.25, 0.3) is 0 Å². The van der Waals surface area contributed by atoms with Crippen molar-refractivity contribution >= 4 is 5.91 Å². The molecule has 0 unspecified atom stereocenters. The molecule has 0 aromatic heterocycles. The highest BCUT2D eigenvalue weighted by Crippen LogP contribution is 2.36. The summed E-state index contributed by atoms with van der Waals surface area (Å²) in [5, 5.41) is 0. The van der Waals surface area contributed by atoms with Crippen molar-refractivity contribution in [3.63, 3.8) is 0 Å². The maximum Gasteiger partial charge on any atom is 0.226 e. The molecule has 0 aliphatic carbocycles. The molecule has 0 bridgehead atoms. The van der Waals surface area contributed by atoms with Crippen LogP contribution in [0, 0.1) is 17.3 Å². The highest BCUT2D eigenvalue weighted by atomic mass is 16.2. The van der Waals surface area contributed by atoms with Gasteiger partial charge in [-0.15, -0.1) is 0 Å². The van der Waals surface area contributed by atoms with Gasteiger partial charge in [-0.3, -0.25) is 4.79 Å². The van der Waals surface area contributed by atoms with E-state index in [1.165, 1.54) is 6.42 Å². The Morgan fingerprint density at radius 2 is 1.82 bits per heavy atom. The molecule has 1 amide bonds. The first-order valence-electron chi connectivity index (χ1n) is 6.85. The molecule has 0 saturated carbocycles. The van der Waals surface area contributed by atoms with Gasteiger partial charge in [0, 0.05) is 26.2 Å². The summed E-state index contributed by atoms with van der Waals surface area (Å²) < 4.78 is 0. The molecule has 0 aromatic carbocycles. The topological polar surface area (TPSA) is 23.6 Å². The lowest BCUT2D eigenvalue weighted by Crippen LogP contribution is -2.52. The van der Waals surface area contributed by atoms with Crippen molar-refractivity contribution in [2.75, 3.05) is 33.2 Å². The molecule has 3 nitrogen and oxygen atoms in total. The molecule has 2 rings (SSSR count). The van der Waals surface area contributed by atoms with Gasteiger partial charge in [0.15, 0.2) is 0 Å². The van der Waals surface area contributed by atoms with Gasteiger partial charge >= 0.3 is 0 Å². The van der Waals surface area contributed by atoms with E-state index in [9.17, 15) is 4.79 Å². The average Bonchev–Trinajstić information content (AvgIpc) is 2.12. The van der Waals surface area contributed by atoms with Crippen LogP contribution in [-0.2, 0) is 4.79 Å². The SMILES string of the molecule is CN1C[C@@H](C(=O)N2CCC2)C[C@@H](C(C)(C)C)C1. The Morgan fingerprint density at radius 3 is 2.29 bits per heavy atom. The monoisotopic (exact) mass is 238 g/mol. The third kappa shape index (κ3) is 2.82. The predicted octanol–water partition coefficient (Wildman–Crippen LogP) is 1.83. The zero-order valence-electron chi connectivity index (χ0n) is 11.7. The Labute approximate surface area is 105 Å². The van der Waals surface area contributed by atoms with Crippen molar-refractivity contribution in [3.8, 4) is 0 Å². The molecule has 2 fully saturated rings. The fourth-order valence-electron chi connectivity index (χ4n) is 2.92. The van der Waals surface area contributed by atoms with Crippen LogP contribution in [0.2, 0.25) is 0 Å². The first-order valence-corrected chi connectivity index (χ1v) is 6.85. The maximum atomic E-state index is 12.3. The van der Waals surface area contributed by atoms with Crippen molar-refractivity contribution in [1.82, 2.24) is 9.80 Å². The lowest BCUT2D eigenvalue weighted by atomic mass is 9.73. The van der Waals surface area contributed by atoms with Crippen molar-refractivity contribution < 1.29 is 4.79 Å². The van der Waals surface area contributed by atoms with Gasteiger partial charge in [0.1, 0.15) is 0 Å². The van der Waals surface area contributed by atoms with E-state index in [1.54, 1.807) is 0 Å². The van der Waals surface area contributed by atoms with Crippen LogP contribution < -0.4 is 0 Å². The average molecular weight is 238 g/mol. The fraction of sp³-hybridized carbons (Fsp3) is 0.929. The van der Waals surface area contributed by atoms with Crippen molar-refractivity contribution in [2.45, 2.75) is 33.6 Å². The van der Waals surface area contributed by atoms with Crippen molar-refractivity contribution in [2.24, 2.45) is 17.3 Å². The van der Waals surface area contributed by atoms with E-state index < -0.39 is 0 Å². The van der Waals surface area contributed by atoms with E-state index in [0.29, 0.717) is 17.2 Å². The van der Waals surface area contributed by atoms with Crippen LogP contribution in [-0.4, -0.2) is 48.9 Å². The zero-order chi connectivity index (χ0) is 12.6. The zero-order valence-corrected chi connectivity index (χ0v) is 11.7. The first-order chi connectivity index (χ1) is 7.88. The largest absolute Gasteiger partial charge is 0.342 e. The van der Waals surface area contributed by atoms with E-state index in [0.717, 1.165) is 32.6 Å². The molecule has 0 aromatic rings. The summed E-state index contributed by atoms with van der Waals surface area (Å²) >= 11 is 0. The summed E-state index contributed by atoms with van der Waals surface area (Å²) in [7, 11) is 2.15. The second-order valence-electron chi connectivity index (χ2n) is 6.90. The predicted molar refractivity (Wildman–Crippen MR) is 69.7 cm³/mol. The standard InChI is InChI=1S/C14H26N2O/c1-14(2,3)12-8-11(9-15(4)10-12)13(17)16-6-5-7-16/h11-12H,5-10H2,1-4H3/t11-,12+/m0/s1. The van der Waals surface area contributed by atoms with Gasteiger partial charge in [-0.2, -0.15) is 0 Å². The Morgan fingerprint density at radius 1 is 1.18 bits per heavy atom. The van der Waals surface area contributed by atoms with E-state index in [4.69, 9.17) is 0 Å². The minimum atomic E-state index is 0.235. The normalized spacial score (nSPS) is 31.2. The van der Waals surface area contributed by atoms with Gasteiger partial charge in [0.2, 0.25) is 5.91 Å². The number of hydrogen-bond donors (Lipinski definition) is 0. The lowest BCUT2D eigenvalue weighted by Gasteiger charge is -2.44. The van der Waals surface area contributed by atoms with E-state index in [2.05, 4.69) is 32.7 Å². The number of amides is 1. The maximum absolute atomic E-state index is 12.3. The lowest BCUT2D eigenvalue weighted by molar-refractivity contribution is -0.142. The van der Waals surface area contributed by atoms with Crippen molar-refractivity contribution in [1.29, 1.82) is 0 Å². The highest BCUT2D eigenvalue weighted by molar-refractivity contribution is 5.79. The molecule has 2 aliphatic rings. The van der Waals surface area contributed by atoms with E-state index in [-0.39, 0.29) is 5.92 Å². The molecule has 0 radical (unpaired) electrons. The summed E-state index contributed by atoms with van der Waals surface area (Å²) in [6.45, 7) is 10.9. The second-order valence-corrected chi connectivity index (χ2v) is 6.90. The number of hydrogen-bond acceptors (Lipinski definition) is 2. The van der Waals surface area contributed by atoms with E-state index >= 15 is 0 Å². The number of rotatable bonds is 1. The molecular formula is C14H26N2O. The number of piperidine rings is 1. The number of carbonyl (C=O) groups is 1. The molecule has 2 atom stereocenters. The molecular weight excluding hydrogens is 212 g/mol.